The smallest absolute Gasteiger partial charge is 0.242 e. The van der Waals surface area contributed by atoms with Gasteiger partial charge < -0.3 is 15.1 Å². The quantitative estimate of drug-likeness (QED) is 0.909. The summed E-state index contributed by atoms with van der Waals surface area (Å²) in [6.45, 7) is 4.34. The van der Waals surface area contributed by atoms with E-state index < -0.39 is 0 Å². The second-order valence-corrected chi connectivity index (χ2v) is 5.19. The summed E-state index contributed by atoms with van der Waals surface area (Å²) in [5.41, 5.74) is 1.08. The van der Waals surface area contributed by atoms with Crippen LogP contribution >= 0.6 is 11.6 Å². The zero-order chi connectivity index (χ0) is 14.5. The van der Waals surface area contributed by atoms with Gasteiger partial charge in [-0.2, -0.15) is 0 Å². The molecule has 1 heterocycles. The predicted octanol–water partition coefficient (Wildman–Crippen LogP) is 1.12. The molecule has 0 saturated carbocycles. The van der Waals surface area contributed by atoms with E-state index in [1.165, 1.54) is 6.92 Å². The van der Waals surface area contributed by atoms with Crippen molar-refractivity contribution in [3.63, 3.8) is 0 Å². The van der Waals surface area contributed by atoms with Crippen LogP contribution in [0.1, 0.15) is 6.92 Å². The molecule has 6 heteroatoms. The number of piperazine rings is 1. The van der Waals surface area contributed by atoms with Crippen molar-refractivity contribution in [3.05, 3.63) is 29.3 Å². The first-order valence-electron chi connectivity index (χ1n) is 6.59. The molecular weight excluding hydrogens is 278 g/mol. The Morgan fingerprint density at radius 1 is 1.25 bits per heavy atom. The number of amides is 2. The molecule has 2 amide bonds. The molecule has 1 saturated heterocycles. The fourth-order valence-corrected chi connectivity index (χ4v) is 2.38. The van der Waals surface area contributed by atoms with Gasteiger partial charge in [-0.15, -0.1) is 0 Å². The number of nitrogens with zero attached hydrogens (tertiary/aromatic N) is 2. The lowest BCUT2D eigenvalue weighted by atomic mass is 10.2. The van der Waals surface area contributed by atoms with E-state index in [0.29, 0.717) is 18.1 Å². The minimum Gasteiger partial charge on any atom is -0.368 e. The van der Waals surface area contributed by atoms with E-state index in [0.717, 1.165) is 18.8 Å². The Kier molecular flexibility index (Phi) is 4.84. The molecule has 2 rings (SSSR count). The first-order valence-corrected chi connectivity index (χ1v) is 6.97. The molecule has 1 N–H and O–H groups in total. The van der Waals surface area contributed by atoms with E-state index in [2.05, 4.69) is 10.2 Å². The van der Waals surface area contributed by atoms with E-state index in [-0.39, 0.29) is 18.4 Å². The fraction of sp³-hybridized carbons (Fsp3) is 0.429. The third-order valence-corrected chi connectivity index (χ3v) is 3.53. The number of nitrogens with one attached hydrogen (secondary N) is 1. The monoisotopic (exact) mass is 295 g/mol. The van der Waals surface area contributed by atoms with Crippen molar-refractivity contribution >= 4 is 29.1 Å². The van der Waals surface area contributed by atoms with Gasteiger partial charge in [0.05, 0.1) is 6.54 Å². The molecule has 0 spiro atoms. The van der Waals surface area contributed by atoms with Crippen LogP contribution in [0, 0.1) is 0 Å². The molecule has 20 heavy (non-hydrogen) atoms. The van der Waals surface area contributed by atoms with Crippen LogP contribution in [0.5, 0.6) is 0 Å². The molecule has 5 nitrogen and oxygen atoms in total. The largest absolute Gasteiger partial charge is 0.368 e. The van der Waals surface area contributed by atoms with Crippen LogP contribution in [0.2, 0.25) is 5.02 Å². The summed E-state index contributed by atoms with van der Waals surface area (Å²) in [5, 5.41) is 3.25. The van der Waals surface area contributed by atoms with Gasteiger partial charge in [-0.05, 0) is 18.2 Å². The second kappa shape index (κ2) is 6.61. The maximum atomic E-state index is 11.9. The molecule has 1 aliphatic rings. The Bertz CT molecular complexity index is 499. The first kappa shape index (κ1) is 14.7. The molecule has 1 fully saturated rings. The van der Waals surface area contributed by atoms with Crippen LogP contribution in [-0.4, -0.2) is 49.4 Å². The van der Waals surface area contributed by atoms with Crippen molar-refractivity contribution in [2.45, 2.75) is 6.92 Å². The summed E-state index contributed by atoms with van der Waals surface area (Å²) in [7, 11) is 0. The lowest BCUT2D eigenvalue weighted by Gasteiger charge is -2.36. The minimum atomic E-state index is -0.184. The molecule has 1 aliphatic heterocycles. The Balaban J connectivity index is 1.86. The molecule has 0 radical (unpaired) electrons. The van der Waals surface area contributed by atoms with Crippen molar-refractivity contribution < 1.29 is 9.59 Å². The third kappa shape index (κ3) is 3.87. The zero-order valence-corrected chi connectivity index (χ0v) is 12.2. The average molecular weight is 296 g/mol. The number of carbonyl (C=O) groups excluding carboxylic acids is 2. The highest BCUT2D eigenvalue weighted by molar-refractivity contribution is 6.30. The Hall–Kier alpha value is -1.75. The standard InChI is InChI=1S/C14H18ClN3O2/c1-11(19)16-10-14(20)18-7-5-17(6-8-18)13-4-2-3-12(15)9-13/h2-4,9H,5-8,10H2,1H3,(H,16,19). The SMILES string of the molecule is CC(=O)NCC(=O)N1CCN(c2cccc(Cl)c2)CC1. The molecule has 0 atom stereocenters. The Morgan fingerprint density at radius 2 is 1.95 bits per heavy atom. The maximum Gasteiger partial charge on any atom is 0.242 e. The number of halogens is 1. The summed E-state index contributed by atoms with van der Waals surface area (Å²) in [4.78, 5) is 26.6. The summed E-state index contributed by atoms with van der Waals surface area (Å²) >= 11 is 5.98. The summed E-state index contributed by atoms with van der Waals surface area (Å²) in [6.07, 6.45) is 0. The van der Waals surface area contributed by atoms with Crippen molar-refractivity contribution in [2.24, 2.45) is 0 Å². The molecule has 0 bridgehead atoms. The number of anilines is 1. The average Bonchev–Trinajstić information content (AvgIpc) is 2.45. The van der Waals surface area contributed by atoms with Crippen LogP contribution in [0.3, 0.4) is 0 Å². The molecule has 0 unspecified atom stereocenters. The van der Waals surface area contributed by atoms with Crippen LogP contribution in [0.25, 0.3) is 0 Å². The summed E-state index contributed by atoms with van der Waals surface area (Å²) in [5.74, 6) is -0.221. The number of rotatable bonds is 3. The van der Waals surface area contributed by atoms with Gasteiger partial charge in [0.25, 0.3) is 0 Å². The van der Waals surface area contributed by atoms with Crippen LogP contribution in [0.4, 0.5) is 5.69 Å². The van der Waals surface area contributed by atoms with E-state index in [1.807, 2.05) is 24.3 Å². The zero-order valence-electron chi connectivity index (χ0n) is 11.4. The lowest BCUT2D eigenvalue weighted by Crippen LogP contribution is -2.51. The van der Waals surface area contributed by atoms with Gasteiger partial charge in [0.15, 0.2) is 0 Å². The third-order valence-electron chi connectivity index (χ3n) is 3.29. The predicted molar refractivity (Wildman–Crippen MR) is 78.9 cm³/mol. The van der Waals surface area contributed by atoms with Gasteiger partial charge in [0.1, 0.15) is 0 Å². The van der Waals surface area contributed by atoms with Gasteiger partial charge in [-0.25, -0.2) is 0 Å². The van der Waals surface area contributed by atoms with Crippen molar-refractivity contribution in [3.8, 4) is 0 Å². The maximum absolute atomic E-state index is 11.9. The van der Waals surface area contributed by atoms with Gasteiger partial charge in [0, 0.05) is 43.8 Å². The van der Waals surface area contributed by atoms with Crippen LogP contribution in [-0.2, 0) is 9.59 Å². The molecule has 1 aromatic carbocycles. The topological polar surface area (TPSA) is 52.7 Å². The highest BCUT2D eigenvalue weighted by Crippen LogP contribution is 2.20. The lowest BCUT2D eigenvalue weighted by molar-refractivity contribution is -0.132. The number of carbonyl (C=O) groups is 2. The fourth-order valence-electron chi connectivity index (χ4n) is 2.20. The highest BCUT2D eigenvalue weighted by Gasteiger charge is 2.21. The Morgan fingerprint density at radius 3 is 2.55 bits per heavy atom. The van der Waals surface area contributed by atoms with E-state index >= 15 is 0 Å². The Labute approximate surface area is 123 Å². The molecular formula is C14H18ClN3O2. The minimum absolute atomic E-state index is 0.0362. The first-order chi connectivity index (χ1) is 9.56. The molecule has 108 valence electrons. The normalized spacial score (nSPS) is 15.1. The highest BCUT2D eigenvalue weighted by atomic mass is 35.5. The molecule has 1 aromatic rings. The molecule has 0 aromatic heterocycles. The number of benzene rings is 1. The van der Waals surface area contributed by atoms with Crippen molar-refractivity contribution in [1.29, 1.82) is 0 Å². The van der Waals surface area contributed by atoms with Gasteiger partial charge >= 0.3 is 0 Å². The van der Waals surface area contributed by atoms with E-state index in [4.69, 9.17) is 11.6 Å². The number of hydrogen-bond acceptors (Lipinski definition) is 3. The van der Waals surface area contributed by atoms with Crippen molar-refractivity contribution in [1.82, 2.24) is 10.2 Å². The van der Waals surface area contributed by atoms with Gasteiger partial charge in [-0.1, -0.05) is 17.7 Å². The summed E-state index contributed by atoms with van der Waals surface area (Å²) < 4.78 is 0. The van der Waals surface area contributed by atoms with Gasteiger partial charge in [-0.3, -0.25) is 9.59 Å². The second-order valence-electron chi connectivity index (χ2n) is 4.76. The van der Waals surface area contributed by atoms with Crippen LogP contribution < -0.4 is 10.2 Å². The van der Waals surface area contributed by atoms with Gasteiger partial charge in [0.2, 0.25) is 11.8 Å². The van der Waals surface area contributed by atoms with Crippen LogP contribution in [0.15, 0.2) is 24.3 Å². The van der Waals surface area contributed by atoms with E-state index in [1.54, 1.807) is 4.90 Å². The van der Waals surface area contributed by atoms with Crippen molar-refractivity contribution in [2.75, 3.05) is 37.6 Å². The molecule has 0 aliphatic carbocycles. The summed E-state index contributed by atoms with van der Waals surface area (Å²) in [6, 6.07) is 7.71. The van der Waals surface area contributed by atoms with E-state index in [9.17, 15) is 9.59 Å². The number of hydrogen-bond donors (Lipinski definition) is 1.